The first-order valence-electron chi connectivity index (χ1n) is 7.71. The number of amides is 1. The lowest BCUT2D eigenvalue weighted by Gasteiger charge is -2.13. The van der Waals surface area contributed by atoms with Crippen LogP contribution in [-0.2, 0) is 11.3 Å². The van der Waals surface area contributed by atoms with E-state index in [0.29, 0.717) is 25.5 Å². The minimum atomic E-state index is 0.0266. The standard InChI is InChI=1S/C16H24N4O3/c1-11(2)20-15(21)6-7-18-16(17-3)19-9-12-4-5-13-14(8-12)23-10-22-13/h4-5,8,11H,6-7,9-10H2,1-3H3,(H,20,21)(H2,17,18,19). The van der Waals surface area contributed by atoms with E-state index in [1.165, 1.54) is 0 Å². The van der Waals surface area contributed by atoms with Gasteiger partial charge in [0.25, 0.3) is 0 Å². The van der Waals surface area contributed by atoms with Crippen LogP contribution in [0.4, 0.5) is 0 Å². The molecule has 7 nitrogen and oxygen atoms in total. The van der Waals surface area contributed by atoms with E-state index in [1.807, 2.05) is 32.0 Å². The normalized spacial score (nSPS) is 13.1. The molecule has 2 rings (SSSR count). The SMILES string of the molecule is CN=C(NCCC(=O)NC(C)C)NCc1ccc2c(c1)OCO2. The van der Waals surface area contributed by atoms with Gasteiger partial charge in [-0.2, -0.15) is 0 Å². The van der Waals surface area contributed by atoms with Gasteiger partial charge in [-0.25, -0.2) is 0 Å². The average molecular weight is 320 g/mol. The predicted molar refractivity (Wildman–Crippen MR) is 88.7 cm³/mol. The number of nitrogens with one attached hydrogen (secondary N) is 3. The smallest absolute Gasteiger partial charge is 0.231 e. The molecule has 3 N–H and O–H groups in total. The number of carbonyl (C=O) groups excluding carboxylic acids is 1. The monoisotopic (exact) mass is 320 g/mol. The summed E-state index contributed by atoms with van der Waals surface area (Å²) in [5.41, 5.74) is 1.06. The molecule has 23 heavy (non-hydrogen) atoms. The van der Waals surface area contributed by atoms with Gasteiger partial charge < -0.3 is 25.4 Å². The Morgan fingerprint density at radius 2 is 2.04 bits per heavy atom. The van der Waals surface area contributed by atoms with Gasteiger partial charge in [0, 0.05) is 32.6 Å². The van der Waals surface area contributed by atoms with E-state index in [9.17, 15) is 4.79 Å². The predicted octanol–water partition coefficient (Wildman–Crippen LogP) is 0.995. The third-order valence-electron chi connectivity index (χ3n) is 3.21. The van der Waals surface area contributed by atoms with Crippen LogP contribution < -0.4 is 25.4 Å². The highest BCUT2D eigenvalue weighted by Gasteiger charge is 2.13. The maximum Gasteiger partial charge on any atom is 0.231 e. The van der Waals surface area contributed by atoms with E-state index in [1.54, 1.807) is 7.05 Å². The van der Waals surface area contributed by atoms with Crippen molar-refractivity contribution in [2.24, 2.45) is 4.99 Å². The van der Waals surface area contributed by atoms with Crippen LogP contribution in [0.25, 0.3) is 0 Å². The van der Waals surface area contributed by atoms with E-state index < -0.39 is 0 Å². The third kappa shape index (κ3) is 5.36. The summed E-state index contributed by atoms with van der Waals surface area (Å²) >= 11 is 0. The Morgan fingerprint density at radius 3 is 2.78 bits per heavy atom. The zero-order chi connectivity index (χ0) is 16.7. The van der Waals surface area contributed by atoms with Crippen LogP contribution in [0.3, 0.4) is 0 Å². The summed E-state index contributed by atoms with van der Waals surface area (Å²) in [5, 5.41) is 9.17. The van der Waals surface area contributed by atoms with Gasteiger partial charge in [0.05, 0.1) is 0 Å². The topological polar surface area (TPSA) is 84.0 Å². The highest BCUT2D eigenvalue weighted by atomic mass is 16.7. The maximum atomic E-state index is 11.6. The summed E-state index contributed by atoms with van der Waals surface area (Å²) in [5.74, 6) is 2.21. The summed E-state index contributed by atoms with van der Waals surface area (Å²) in [6.07, 6.45) is 0.406. The van der Waals surface area contributed by atoms with Crippen LogP contribution in [0.15, 0.2) is 23.2 Å². The van der Waals surface area contributed by atoms with Gasteiger partial charge in [-0.05, 0) is 31.5 Å². The van der Waals surface area contributed by atoms with Crippen LogP contribution in [0.1, 0.15) is 25.8 Å². The Bertz CT molecular complexity index is 572. The minimum absolute atomic E-state index is 0.0266. The second-order valence-corrected chi connectivity index (χ2v) is 5.51. The van der Waals surface area contributed by atoms with Gasteiger partial charge in [-0.15, -0.1) is 0 Å². The van der Waals surface area contributed by atoms with Crippen LogP contribution in [0.2, 0.25) is 0 Å². The van der Waals surface area contributed by atoms with Crippen molar-refractivity contribution in [3.63, 3.8) is 0 Å². The molecule has 0 saturated heterocycles. The molecule has 1 aromatic carbocycles. The first-order chi connectivity index (χ1) is 11.1. The van der Waals surface area contributed by atoms with E-state index in [0.717, 1.165) is 17.1 Å². The molecule has 1 amide bonds. The molecule has 0 fully saturated rings. The van der Waals surface area contributed by atoms with Crippen LogP contribution in [-0.4, -0.2) is 38.3 Å². The average Bonchev–Trinajstić information content (AvgIpc) is 2.97. The van der Waals surface area contributed by atoms with E-state index in [-0.39, 0.29) is 18.7 Å². The van der Waals surface area contributed by atoms with Crippen LogP contribution in [0.5, 0.6) is 11.5 Å². The van der Waals surface area contributed by atoms with Gasteiger partial charge in [0.2, 0.25) is 12.7 Å². The lowest BCUT2D eigenvalue weighted by Crippen LogP contribution is -2.39. The highest BCUT2D eigenvalue weighted by Crippen LogP contribution is 2.32. The van der Waals surface area contributed by atoms with Crippen molar-refractivity contribution >= 4 is 11.9 Å². The molecule has 0 unspecified atom stereocenters. The van der Waals surface area contributed by atoms with Crippen molar-refractivity contribution in [2.45, 2.75) is 32.9 Å². The third-order valence-corrected chi connectivity index (χ3v) is 3.21. The van der Waals surface area contributed by atoms with Crippen LogP contribution in [0, 0.1) is 0 Å². The molecule has 0 saturated carbocycles. The first kappa shape index (κ1) is 16.9. The Balaban J connectivity index is 1.74. The number of carbonyl (C=O) groups is 1. The van der Waals surface area contributed by atoms with Gasteiger partial charge >= 0.3 is 0 Å². The molecule has 0 spiro atoms. The maximum absolute atomic E-state index is 11.6. The number of hydrogen-bond donors (Lipinski definition) is 3. The largest absolute Gasteiger partial charge is 0.454 e. The lowest BCUT2D eigenvalue weighted by molar-refractivity contribution is -0.121. The second kappa shape index (κ2) is 8.26. The second-order valence-electron chi connectivity index (χ2n) is 5.51. The number of hydrogen-bond acceptors (Lipinski definition) is 4. The molecule has 1 aromatic rings. The van der Waals surface area contributed by atoms with Crippen molar-refractivity contribution < 1.29 is 14.3 Å². The molecule has 0 aliphatic carbocycles. The summed E-state index contributed by atoms with van der Waals surface area (Å²) in [6.45, 7) is 5.29. The summed E-state index contributed by atoms with van der Waals surface area (Å²) in [6, 6.07) is 5.97. The molecule has 0 aromatic heterocycles. The van der Waals surface area contributed by atoms with Crippen molar-refractivity contribution in [1.82, 2.24) is 16.0 Å². The summed E-state index contributed by atoms with van der Waals surface area (Å²) in [4.78, 5) is 15.7. The quantitative estimate of drug-likeness (QED) is 0.538. The molecule has 1 aliphatic rings. The number of fused-ring (bicyclic) bond motifs is 1. The van der Waals surface area contributed by atoms with Crippen LogP contribution >= 0.6 is 0 Å². The van der Waals surface area contributed by atoms with E-state index >= 15 is 0 Å². The fourth-order valence-corrected chi connectivity index (χ4v) is 2.15. The van der Waals surface area contributed by atoms with E-state index in [2.05, 4.69) is 20.9 Å². The molecule has 7 heteroatoms. The zero-order valence-corrected chi connectivity index (χ0v) is 13.8. The summed E-state index contributed by atoms with van der Waals surface area (Å²) < 4.78 is 10.6. The molecular formula is C16H24N4O3. The number of rotatable bonds is 6. The zero-order valence-electron chi connectivity index (χ0n) is 13.8. The van der Waals surface area contributed by atoms with Gasteiger partial charge in [0.1, 0.15) is 0 Å². The van der Waals surface area contributed by atoms with Gasteiger partial charge in [-0.1, -0.05) is 6.07 Å². The number of benzene rings is 1. The number of aliphatic imine (C=N–C) groups is 1. The van der Waals surface area contributed by atoms with Crippen molar-refractivity contribution in [3.8, 4) is 11.5 Å². The lowest BCUT2D eigenvalue weighted by atomic mass is 10.2. The highest BCUT2D eigenvalue weighted by molar-refractivity contribution is 5.81. The molecule has 1 heterocycles. The van der Waals surface area contributed by atoms with Gasteiger partial charge in [0.15, 0.2) is 17.5 Å². The molecule has 0 bridgehead atoms. The van der Waals surface area contributed by atoms with E-state index in [4.69, 9.17) is 9.47 Å². The van der Waals surface area contributed by atoms with Crippen molar-refractivity contribution in [2.75, 3.05) is 20.4 Å². The number of nitrogens with zero attached hydrogens (tertiary/aromatic N) is 1. The fourth-order valence-electron chi connectivity index (χ4n) is 2.15. The Hall–Kier alpha value is -2.44. The molecule has 1 aliphatic heterocycles. The van der Waals surface area contributed by atoms with Gasteiger partial charge in [-0.3, -0.25) is 9.79 Å². The Kier molecular flexibility index (Phi) is 6.08. The fraction of sp³-hybridized carbons (Fsp3) is 0.500. The van der Waals surface area contributed by atoms with Crippen molar-refractivity contribution in [3.05, 3.63) is 23.8 Å². The Labute approximate surface area is 136 Å². The number of guanidine groups is 1. The minimum Gasteiger partial charge on any atom is -0.454 e. The molecular weight excluding hydrogens is 296 g/mol. The number of ether oxygens (including phenoxy) is 2. The summed E-state index contributed by atoms with van der Waals surface area (Å²) in [7, 11) is 1.70. The molecule has 0 atom stereocenters. The van der Waals surface area contributed by atoms with Crippen molar-refractivity contribution in [1.29, 1.82) is 0 Å². The first-order valence-corrected chi connectivity index (χ1v) is 7.71. The molecule has 126 valence electrons. The molecule has 0 radical (unpaired) electrons. The Morgan fingerprint density at radius 1 is 1.26 bits per heavy atom.